The highest BCUT2D eigenvalue weighted by Crippen LogP contribution is 2.13. The molecule has 0 bridgehead atoms. The Kier molecular flexibility index (Phi) is 5.47. The second kappa shape index (κ2) is 7.54. The molecule has 0 aromatic heterocycles. The van der Waals surface area contributed by atoms with Gasteiger partial charge in [0, 0.05) is 12.1 Å². The van der Waals surface area contributed by atoms with E-state index in [1.807, 2.05) is 6.92 Å². The molecule has 2 rings (SSSR count). The Morgan fingerprint density at radius 3 is 2.55 bits per heavy atom. The molecule has 0 fully saturated rings. The van der Waals surface area contributed by atoms with Crippen molar-refractivity contribution in [3.63, 3.8) is 0 Å². The molecule has 0 aliphatic rings. The van der Waals surface area contributed by atoms with Crippen molar-refractivity contribution in [2.45, 2.75) is 19.9 Å². The Hall–Kier alpha value is -2.43. The van der Waals surface area contributed by atoms with Crippen molar-refractivity contribution in [2.75, 3.05) is 6.61 Å². The summed E-state index contributed by atoms with van der Waals surface area (Å²) in [5.41, 5.74) is 0.945. The summed E-state index contributed by atoms with van der Waals surface area (Å²) in [6, 6.07) is 10.3. The number of carbonyl (C=O) groups is 1. The summed E-state index contributed by atoms with van der Waals surface area (Å²) < 4.78 is 31.8. The minimum atomic E-state index is -0.539. The van der Waals surface area contributed by atoms with Crippen molar-refractivity contribution in [3.05, 3.63) is 65.2 Å². The Balaban J connectivity index is 1.88. The number of hydrogen-bond acceptors (Lipinski definition) is 2. The third kappa shape index (κ3) is 4.55. The number of nitrogens with one attached hydrogen (secondary N) is 1. The molecule has 0 aliphatic heterocycles. The lowest BCUT2D eigenvalue weighted by Crippen LogP contribution is -2.25. The van der Waals surface area contributed by atoms with Gasteiger partial charge in [0.1, 0.15) is 17.4 Å². The number of amides is 1. The average molecular weight is 305 g/mol. The van der Waals surface area contributed by atoms with E-state index in [-0.39, 0.29) is 24.4 Å². The average Bonchev–Trinajstić information content (AvgIpc) is 2.50. The minimum absolute atomic E-state index is 0.0422. The van der Waals surface area contributed by atoms with Gasteiger partial charge >= 0.3 is 0 Å². The molecule has 116 valence electrons. The Labute approximate surface area is 127 Å². The van der Waals surface area contributed by atoms with Gasteiger partial charge in [-0.05, 0) is 42.8 Å². The van der Waals surface area contributed by atoms with Crippen LogP contribution in [0.25, 0.3) is 0 Å². The van der Waals surface area contributed by atoms with Gasteiger partial charge in [-0.15, -0.1) is 0 Å². The first kappa shape index (κ1) is 15.9. The van der Waals surface area contributed by atoms with Gasteiger partial charge in [-0.3, -0.25) is 4.79 Å². The lowest BCUT2D eigenvalue weighted by atomic mass is 10.1. The molecule has 3 nitrogen and oxygen atoms in total. The molecule has 1 amide bonds. The number of carbonyl (C=O) groups excluding carboxylic acids is 1. The summed E-state index contributed by atoms with van der Waals surface area (Å²) in [5.74, 6) is -0.582. The molecule has 0 aliphatic carbocycles. The van der Waals surface area contributed by atoms with Crippen LogP contribution in [-0.2, 0) is 17.8 Å². The molecule has 0 saturated carbocycles. The van der Waals surface area contributed by atoms with Crippen molar-refractivity contribution >= 4 is 5.91 Å². The zero-order chi connectivity index (χ0) is 15.9. The molecular weight excluding hydrogens is 288 g/mol. The van der Waals surface area contributed by atoms with Gasteiger partial charge in [0.15, 0.2) is 0 Å². The smallest absolute Gasteiger partial charge is 0.224 e. The van der Waals surface area contributed by atoms with E-state index in [4.69, 9.17) is 4.74 Å². The fourth-order valence-corrected chi connectivity index (χ4v) is 1.99. The molecule has 0 saturated heterocycles. The number of benzene rings is 2. The van der Waals surface area contributed by atoms with E-state index in [0.29, 0.717) is 6.61 Å². The highest BCUT2D eigenvalue weighted by molar-refractivity contribution is 5.78. The normalized spacial score (nSPS) is 10.3. The lowest BCUT2D eigenvalue weighted by molar-refractivity contribution is -0.120. The predicted octanol–water partition coefficient (Wildman–Crippen LogP) is 3.22. The van der Waals surface area contributed by atoms with E-state index in [2.05, 4.69) is 5.32 Å². The quantitative estimate of drug-likeness (QED) is 0.890. The van der Waals surface area contributed by atoms with Crippen LogP contribution in [0.4, 0.5) is 8.78 Å². The van der Waals surface area contributed by atoms with E-state index >= 15 is 0 Å². The summed E-state index contributed by atoms with van der Waals surface area (Å²) in [5, 5.41) is 2.58. The highest BCUT2D eigenvalue weighted by atomic mass is 19.1. The highest BCUT2D eigenvalue weighted by Gasteiger charge is 2.07. The van der Waals surface area contributed by atoms with Gasteiger partial charge in [-0.2, -0.15) is 0 Å². The molecule has 2 aromatic carbocycles. The topological polar surface area (TPSA) is 38.3 Å². The van der Waals surface area contributed by atoms with Crippen LogP contribution in [0.2, 0.25) is 0 Å². The van der Waals surface area contributed by atoms with Gasteiger partial charge < -0.3 is 10.1 Å². The number of ether oxygens (including phenoxy) is 1. The molecule has 5 heteroatoms. The summed E-state index contributed by atoms with van der Waals surface area (Å²) in [6.07, 6.45) is 0.170. The Morgan fingerprint density at radius 2 is 1.86 bits per heavy atom. The van der Waals surface area contributed by atoms with E-state index in [0.717, 1.165) is 29.5 Å². The van der Waals surface area contributed by atoms with Crippen LogP contribution in [0.1, 0.15) is 18.1 Å². The molecule has 2 aromatic rings. The fourth-order valence-electron chi connectivity index (χ4n) is 1.99. The van der Waals surface area contributed by atoms with Gasteiger partial charge in [-0.1, -0.05) is 12.1 Å². The summed E-state index contributed by atoms with van der Waals surface area (Å²) in [6.45, 7) is 2.44. The summed E-state index contributed by atoms with van der Waals surface area (Å²) >= 11 is 0. The third-order valence-electron chi connectivity index (χ3n) is 3.08. The number of halogens is 2. The second-order valence-electron chi connectivity index (χ2n) is 4.77. The van der Waals surface area contributed by atoms with Crippen molar-refractivity contribution in [1.82, 2.24) is 5.32 Å². The molecule has 0 radical (unpaired) electrons. The van der Waals surface area contributed by atoms with Crippen LogP contribution in [0.3, 0.4) is 0 Å². The summed E-state index contributed by atoms with van der Waals surface area (Å²) in [7, 11) is 0. The van der Waals surface area contributed by atoms with Crippen molar-refractivity contribution in [1.29, 1.82) is 0 Å². The van der Waals surface area contributed by atoms with Gasteiger partial charge in [0.05, 0.1) is 13.0 Å². The monoisotopic (exact) mass is 305 g/mol. The largest absolute Gasteiger partial charge is 0.494 e. The van der Waals surface area contributed by atoms with Crippen LogP contribution < -0.4 is 10.1 Å². The lowest BCUT2D eigenvalue weighted by Gasteiger charge is -2.08. The Morgan fingerprint density at radius 1 is 1.14 bits per heavy atom. The third-order valence-corrected chi connectivity index (χ3v) is 3.08. The first-order chi connectivity index (χ1) is 10.6. The van der Waals surface area contributed by atoms with Crippen molar-refractivity contribution in [2.24, 2.45) is 0 Å². The maximum Gasteiger partial charge on any atom is 0.224 e. The standard InChI is InChI=1S/C17H17F2NO2/c1-2-22-15-6-3-12(4-7-15)9-17(21)20-11-13-10-14(18)5-8-16(13)19/h3-8,10H,2,9,11H2,1H3,(H,20,21). The van der Waals surface area contributed by atoms with E-state index in [1.54, 1.807) is 24.3 Å². The first-order valence-electron chi connectivity index (χ1n) is 7.01. The molecule has 0 spiro atoms. The van der Waals surface area contributed by atoms with Crippen LogP contribution in [-0.4, -0.2) is 12.5 Å². The van der Waals surface area contributed by atoms with Crippen LogP contribution in [0.5, 0.6) is 5.75 Å². The predicted molar refractivity (Wildman–Crippen MR) is 79.5 cm³/mol. The van der Waals surface area contributed by atoms with Gasteiger partial charge in [0.25, 0.3) is 0 Å². The molecule has 0 unspecified atom stereocenters. The van der Waals surface area contributed by atoms with E-state index in [9.17, 15) is 13.6 Å². The minimum Gasteiger partial charge on any atom is -0.494 e. The van der Waals surface area contributed by atoms with Crippen LogP contribution >= 0.6 is 0 Å². The molecule has 1 N–H and O–H groups in total. The summed E-state index contributed by atoms with van der Waals surface area (Å²) in [4.78, 5) is 11.8. The zero-order valence-corrected chi connectivity index (χ0v) is 12.2. The SMILES string of the molecule is CCOc1ccc(CC(=O)NCc2cc(F)ccc2F)cc1. The maximum absolute atomic E-state index is 13.4. The molecule has 0 heterocycles. The number of rotatable bonds is 6. The fraction of sp³-hybridized carbons (Fsp3) is 0.235. The van der Waals surface area contributed by atoms with E-state index in [1.165, 1.54) is 0 Å². The number of hydrogen-bond donors (Lipinski definition) is 1. The van der Waals surface area contributed by atoms with Gasteiger partial charge in [0.2, 0.25) is 5.91 Å². The maximum atomic E-state index is 13.4. The van der Waals surface area contributed by atoms with Crippen LogP contribution in [0.15, 0.2) is 42.5 Å². The van der Waals surface area contributed by atoms with E-state index < -0.39 is 11.6 Å². The Bertz CT molecular complexity index is 642. The van der Waals surface area contributed by atoms with Crippen LogP contribution in [0, 0.1) is 11.6 Å². The van der Waals surface area contributed by atoms with Crippen molar-refractivity contribution < 1.29 is 18.3 Å². The van der Waals surface area contributed by atoms with Crippen molar-refractivity contribution in [3.8, 4) is 5.75 Å². The first-order valence-corrected chi connectivity index (χ1v) is 7.01. The zero-order valence-electron chi connectivity index (χ0n) is 12.2. The molecular formula is C17H17F2NO2. The van der Waals surface area contributed by atoms with Gasteiger partial charge in [-0.25, -0.2) is 8.78 Å². The molecule has 0 atom stereocenters. The second-order valence-corrected chi connectivity index (χ2v) is 4.77. The molecule has 22 heavy (non-hydrogen) atoms.